The molecule has 4 saturated carbocycles. The molecule has 6 heteroatoms. The molecule has 4 N–H and O–H groups in total. The number of aliphatic hydroxyl groups is 4. The van der Waals surface area contributed by atoms with Crippen molar-refractivity contribution in [2.24, 2.45) is 50.7 Å². The van der Waals surface area contributed by atoms with Crippen LogP contribution in [0.4, 0.5) is 0 Å². The van der Waals surface area contributed by atoms with Crippen molar-refractivity contribution in [3.8, 4) is 0 Å². The summed E-state index contributed by atoms with van der Waals surface area (Å²) >= 11 is 0. The average Bonchev–Trinajstić information content (AvgIpc) is 2.87. The zero-order valence-corrected chi connectivity index (χ0v) is 23.8. The Labute approximate surface area is 222 Å². The van der Waals surface area contributed by atoms with E-state index in [9.17, 15) is 25.2 Å². The van der Waals surface area contributed by atoms with Crippen molar-refractivity contribution in [2.75, 3.05) is 20.3 Å². The molecule has 5 rings (SSSR count). The van der Waals surface area contributed by atoms with E-state index >= 15 is 0 Å². The molecular formula is C31H50O6. The van der Waals surface area contributed by atoms with Crippen LogP contribution in [-0.4, -0.2) is 58.4 Å². The minimum Gasteiger partial charge on any atom is -0.469 e. The van der Waals surface area contributed by atoms with Gasteiger partial charge in [0, 0.05) is 11.3 Å². The third kappa shape index (κ3) is 3.16. The van der Waals surface area contributed by atoms with Crippen LogP contribution in [0.15, 0.2) is 11.6 Å². The minimum atomic E-state index is -0.998. The molecule has 0 aromatic heterocycles. The van der Waals surface area contributed by atoms with Crippen LogP contribution >= 0.6 is 0 Å². The Hall–Kier alpha value is -0.950. The van der Waals surface area contributed by atoms with E-state index < -0.39 is 22.5 Å². The van der Waals surface area contributed by atoms with Gasteiger partial charge in [-0.25, -0.2) is 0 Å². The van der Waals surface area contributed by atoms with Gasteiger partial charge in [0.15, 0.2) is 0 Å². The van der Waals surface area contributed by atoms with Gasteiger partial charge in [-0.2, -0.15) is 0 Å². The maximum absolute atomic E-state index is 13.4. The molecule has 0 bridgehead atoms. The summed E-state index contributed by atoms with van der Waals surface area (Å²) in [6, 6.07) is 0. The summed E-state index contributed by atoms with van der Waals surface area (Å²) in [5.74, 6) is 0.0276. The number of esters is 1. The first kappa shape index (κ1) is 27.6. The Balaban J connectivity index is 1.64. The number of fused-ring (bicyclic) bond motifs is 7. The Morgan fingerprint density at radius 3 is 2.27 bits per heavy atom. The van der Waals surface area contributed by atoms with Crippen molar-refractivity contribution in [1.82, 2.24) is 0 Å². The molecule has 10 atom stereocenters. The molecule has 37 heavy (non-hydrogen) atoms. The van der Waals surface area contributed by atoms with Crippen LogP contribution in [0.5, 0.6) is 0 Å². The highest BCUT2D eigenvalue weighted by molar-refractivity contribution is 5.79. The first-order chi connectivity index (χ1) is 17.2. The summed E-state index contributed by atoms with van der Waals surface area (Å²) in [6.45, 7) is 10.8. The lowest BCUT2D eigenvalue weighted by molar-refractivity contribution is -0.235. The van der Waals surface area contributed by atoms with Gasteiger partial charge in [0.25, 0.3) is 0 Å². The number of rotatable bonds is 3. The number of aliphatic hydroxyl groups excluding tert-OH is 3. The molecule has 0 aromatic rings. The van der Waals surface area contributed by atoms with Gasteiger partial charge in [-0.1, -0.05) is 39.3 Å². The summed E-state index contributed by atoms with van der Waals surface area (Å²) in [5, 5.41) is 44.0. The lowest BCUT2D eigenvalue weighted by atomic mass is 9.33. The second-order valence-electron chi connectivity index (χ2n) is 14.6. The van der Waals surface area contributed by atoms with E-state index in [0.29, 0.717) is 12.3 Å². The van der Waals surface area contributed by atoms with Gasteiger partial charge in [0.05, 0.1) is 37.4 Å². The molecule has 4 fully saturated rings. The normalized spacial score (nSPS) is 52.6. The fourth-order valence-corrected chi connectivity index (χ4v) is 11.2. The molecule has 5 aliphatic rings. The lowest BCUT2D eigenvalue weighted by Crippen LogP contribution is -2.68. The van der Waals surface area contributed by atoms with Crippen LogP contribution in [0.3, 0.4) is 0 Å². The summed E-state index contributed by atoms with van der Waals surface area (Å²) < 4.78 is 5.42. The first-order valence-corrected chi connectivity index (χ1v) is 14.7. The summed E-state index contributed by atoms with van der Waals surface area (Å²) in [7, 11) is 1.48. The Morgan fingerprint density at radius 1 is 0.973 bits per heavy atom. The standard InChI is InChI=1S/C31H50O6/c1-19-9-14-30(25(35)37-6)16-15-27(3)20(24(30)29(19,5)36)7-8-21-26(2)12-11-23(34)31(17-32,18-33)22(26)10-13-28(21,27)4/h7,19,21-24,32-34,36H,8-18H2,1-6H3/t19-,21-,22-,23-,24-,26-,27-,28-,29-,30+/m1/s1. The van der Waals surface area contributed by atoms with E-state index in [1.807, 2.05) is 6.92 Å². The minimum absolute atomic E-state index is 0.0472. The summed E-state index contributed by atoms with van der Waals surface area (Å²) in [6.07, 6.45) is 8.98. The molecule has 0 spiro atoms. The van der Waals surface area contributed by atoms with E-state index in [0.717, 1.165) is 51.4 Å². The van der Waals surface area contributed by atoms with Crippen molar-refractivity contribution in [3.63, 3.8) is 0 Å². The van der Waals surface area contributed by atoms with Crippen LogP contribution < -0.4 is 0 Å². The van der Waals surface area contributed by atoms with Crippen molar-refractivity contribution in [1.29, 1.82) is 0 Å². The quantitative estimate of drug-likeness (QED) is 0.329. The number of ether oxygens (including phenoxy) is 1. The van der Waals surface area contributed by atoms with Crippen LogP contribution in [0.2, 0.25) is 0 Å². The molecule has 5 aliphatic carbocycles. The van der Waals surface area contributed by atoms with Crippen LogP contribution in [0.1, 0.15) is 92.4 Å². The van der Waals surface area contributed by atoms with Crippen molar-refractivity contribution in [2.45, 2.75) is 104 Å². The number of hydrogen-bond donors (Lipinski definition) is 4. The predicted octanol–water partition coefficient (Wildman–Crippen LogP) is 4.24. The van der Waals surface area contributed by atoms with E-state index in [1.165, 1.54) is 12.7 Å². The third-order valence-corrected chi connectivity index (χ3v) is 13.8. The topological polar surface area (TPSA) is 107 Å². The molecule has 0 aliphatic heterocycles. The van der Waals surface area contributed by atoms with Gasteiger partial charge in [0.1, 0.15) is 0 Å². The van der Waals surface area contributed by atoms with E-state index in [-0.39, 0.29) is 53.2 Å². The fourth-order valence-electron chi connectivity index (χ4n) is 11.2. The van der Waals surface area contributed by atoms with Crippen molar-refractivity contribution < 1.29 is 30.0 Å². The summed E-state index contributed by atoms with van der Waals surface area (Å²) in [5.41, 5.74) is -1.64. The monoisotopic (exact) mass is 518 g/mol. The molecule has 0 unspecified atom stereocenters. The Morgan fingerprint density at radius 2 is 1.65 bits per heavy atom. The molecule has 0 amide bonds. The zero-order valence-electron chi connectivity index (χ0n) is 23.8. The second kappa shape index (κ2) is 8.52. The second-order valence-corrected chi connectivity index (χ2v) is 14.6. The maximum atomic E-state index is 13.4. The largest absolute Gasteiger partial charge is 0.469 e. The predicted molar refractivity (Wildman–Crippen MR) is 141 cm³/mol. The third-order valence-electron chi connectivity index (χ3n) is 13.8. The first-order valence-electron chi connectivity index (χ1n) is 14.7. The number of carbonyl (C=O) groups excluding carboxylic acids is 1. The number of carbonyl (C=O) groups is 1. The summed E-state index contributed by atoms with van der Waals surface area (Å²) in [4.78, 5) is 13.4. The molecule has 210 valence electrons. The van der Waals surface area contributed by atoms with Crippen LogP contribution in [-0.2, 0) is 9.53 Å². The molecule has 6 nitrogen and oxygen atoms in total. The number of hydrogen-bond acceptors (Lipinski definition) is 6. The smallest absolute Gasteiger partial charge is 0.312 e. The zero-order chi connectivity index (χ0) is 27.2. The molecule has 0 saturated heterocycles. The maximum Gasteiger partial charge on any atom is 0.312 e. The lowest BCUT2D eigenvalue weighted by Gasteiger charge is -2.72. The Kier molecular flexibility index (Phi) is 6.36. The van der Waals surface area contributed by atoms with Crippen LogP contribution in [0.25, 0.3) is 0 Å². The SMILES string of the molecule is COC(=O)[C@]12CC[C@@H](C)[C@@](C)(O)[C@H]1C1=CC[C@@H]3[C@@]4(C)CC[C@@H](O)C(CO)(CO)[C@@H]4CC[C@@]3(C)[C@]1(C)CC2. The Bertz CT molecular complexity index is 969. The molecule has 0 radical (unpaired) electrons. The van der Waals surface area contributed by atoms with Crippen molar-refractivity contribution in [3.05, 3.63) is 11.6 Å². The number of allylic oxidation sites excluding steroid dienone is 1. The molecular weight excluding hydrogens is 468 g/mol. The van der Waals surface area contributed by atoms with Gasteiger partial charge in [-0.3, -0.25) is 4.79 Å². The highest BCUT2D eigenvalue weighted by Crippen LogP contribution is 2.76. The van der Waals surface area contributed by atoms with Gasteiger partial charge >= 0.3 is 5.97 Å². The number of methoxy groups -OCH3 is 1. The van der Waals surface area contributed by atoms with Gasteiger partial charge in [-0.15, -0.1) is 0 Å². The molecule has 0 aromatic carbocycles. The highest BCUT2D eigenvalue weighted by atomic mass is 16.5. The van der Waals surface area contributed by atoms with Crippen LogP contribution in [0, 0.1) is 50.7 Å². The van der Waals surface area contributed by atoms with E-state index in [1.54, 1.807) is 0 Å². The van der Waals surface area contributed by atoms with Crippen molar-refractivity contribution >= 4 is 5.97 Å². The fraction of sp³-hybridized carbons (Fsp3) is 0.903. The average molecular weight is 519 g/mol. The van der Waals surface area contributed by atoms with E-state index in [2.05, 4.69) is 33.8 Å². The van der Waals surface area contributed by atoms with Gasteiger partial charge in [0.2, 0.25) is 0 Å². The van der Waals surface area contributed by atoms with Gasteiger partial charge < -0.3 is 25.2 Å². The van der Waals surface area contributed by atoms with E-state index in [4.69, 9.17) is 4.74 Å². The molecule has 0 heterocycles. The van der Waals surface area contributed by atoms with Gasteiger partial charge in [-0.05, 0) is 98.7 Å². The highest BCUT2D eigenvalue weighted by Gasteiger charge is 2.72.